The molecule has 0 aromatic carbocycles. The summed E-state index contributed by atoms with van der Waals surface area (Å²) in [6.45, 7) is 6.47. The lowest BCUT2D eigenvalue weighted by Crippen LogP contribution is -2.37. The standard InChI is InChI=1S/C13H23ClN2O5S/c1-13(2,3)20-12(17)16-8-5-6-10(7-9-16)11(14)15-21-22(4,18)19/h15H,5-9H2,1-4H3. The number of ether oxygens (including phenoxy) is 1. The first-order valence-corrected chi connectivity index (χ1v) is 9.17. The van der Waals surface area contributed by atoms with Crippen molar-refractivity contribution in [1.82, 2.24) is 10.4 Å². The van der Waals surface area contributed by atoms with Gasteiger partial charge in [0.25, 0.3) is 10.1 Å². The first-order chi connectivity index (χ1) is 9.98. The van der Waals surface area contributed by atoms with E-state index in [1.165, 1.54) is 0 Å². The maximum Gasteiger partial charge on any atom is 0.410 e. The van der Waals surface area contributed by atoms with Crippen LogP contribution >= 0.6 is 11.6 Å². The minimum atomic E-state index is -3.63. The molecule has 1 fully saturated rings. The number of hydrogen-bond donors (Lipinski definition) is 1. The molecule has 1 aliphatic rings. The smallest absolute Gasteiger partial charge is 0.410 e. The molecule has 0 aromatic heterocycles. The lowest BCUT2D eigenvalue weighted by molar-refractivity contribution is 0.0258. The van der Waals surface area contributed by atoms with E-state index < -0.39 is 15.7 Å². The highest BCUT2D eigenvalue weighted by Gasteiger charge is 2.24. The number of likely N-dealkylation sites (tertiary alicyclic amines) is 1. The molecule has 22 heavy (non-hydrogen) atoms. The van der Waals surface area contributed by atoms with E-state index in [0.29, 0.717) is 32.4 Å². The molecule has 0 aromatic rings. The Kier molecular flexibility index (Phi) is 6.51. The van der Waals surface area contributed by atoms with Crippen molar-refractivity contribution >= 4 is 27.8 Å². The summed E-state index contributed by atoms with van der Waals surface area (Å²) in [4.78, 5) is 13.7. The van der Waals surface area contributed by atoms with Gasteiger partial charge >= 0.3 is 6.09 Å². The molecular weight excluding hydrogens is 332 g/mol. The van der Waals surface area contributed by atoms with Gasteiger partial charge in [-0.05, 0) is 45.6 Å². The van der Waals surface area contributed by atoms with Crippen molar-refractivity contribution in [3.05, 3.63) is 10.7 Å². The van der Waals surface area contributed by atoms with E-state index in [1.54, 1.807) is 4.90 Å². The van der Waals surface area contributed by atoms with Crippen molar-refractivity contribution in [3.8, 4) is 0 Å². The summed E-state index contributed by atoms with van der Waals surface area (Å²) in [7, 11) is -3.63. The largest absolute Gasteiger partial charge is 0.444 e. The van der Waals surface area contributed by atoms with E-state index >= 15 is 0 Å². The number of halogens is 1. The summed E-state index contributed by atoms with van der Waals surface area (Å²) >= 11 is 6.02. The molecule has 0 spiro atoms. The molecule has 1 N–H and O–H groups in total. The van der Waals surface area contributed by atoms with Crippen molar-refractivity contribution in [3.63, 3.8) is 0 Å². The fourth-order valence-electron chi connectivity index (χ4n) is 1.90. The Labute approximate surface area is 136 Å². The molecule has 0 atom stereocenters. The average molecular weight is 355 g/mol. The third-order valence-electron chi connectivity index (χ3n) is 2.83. The molecule has 7 nitrogen and oxygen atoms in total. The van der Waals surface area contributed by atoms with Gasteiger partial charge in [0, 0.05) is 13.1 Å². The third-order valence-corrected chi connectivity index (χ3v) is 3.57. The van der Waals surface area contributed by atoms with Gasteiger partial charge in [0.15, 0.2) is 0 Å². The maximum absolute atomic E-state index is 12.0. The molecule has 1 heterocycles. The van der Waals surface area contributed by atoms with Crippen LogP contribution in [-0.4, -0.2) is 44.4 Å². The van der Waals surface area contributed by atoms with Gasteiger partial charge < -0.3 is 9.64 Å². The predicted molar refractivity (Wildman–Crippen MR) is 83.6 cm³/mol. The van der Waals surface area contributed by atoms with Gasteiger partial charge in [-0.3, -0.25) is 0 Å². The quantitative estimate of drug-likeness (QED) is 0.618. The van der Waals surface area contributed by atoms with Crippen LogP contribution < -0.4 is 5.48 Å². The number of amides is 1. The number of hydrogen-bond acceptors (Lipinski definition) is 6. The predicted octanol–water partition coefficient (Wildman–Crippen LogP) is 2.34. The van der Waals surface area contributed by atoms with Gasteiger partial charge in [-0.25, -0.2) is 10.3 Å². The Morgan fingerprint density at radius 2 is 1.91 bits per heavy atom. The molecule has 1 saturated heterocycles. The second-order valence-electron chi connectivity index (χ2n) is 6.13. The number of rotatable bonds is 3. The van der Waals surface area contributed by atoms with E-state index in [2.05, 4.69) is 9.76 Å². The van der Waals surface area contributed by atoms with Crippen LogP contribution in [0.1, 0.15) is 40.0 Å². The summed E-state index contributed by atoms with van der Waals surface area (Å²) in [5, 5.41) is 0.150. The Bertz CT molecular complexity index is 539. The van der Waals surface area contributed by atoms with E-state index in [0.717, 1.165) is 11.8 Å². The number of nitrogens with zero attached hydrogens (tertiary/aromatic N) is 1. The molecule has 0 bridgehead atoms. The molecule has 1 aliphatic heterocycles. The second kappa shape index (κ2) is 7.52. The van der Waals surface area contributed by atoms with Gasteiger partial charge in [-0.1, -0.05) is 11.6 Å². The normalized spacial score (nSPS) is 19.4. The molecular formula is C13H23ClN2O5S. The number of carbonyl (C=O) groups is 1. The van der Waals surface area contributed by atoms with Gasteiger partial charge in [0.1, 0.15) is 10.8 Å². The lowest BCUT2D eigenvalue weighted by atomic mass is 10.1. The Balaban J connectivity index is 2.63. The summed E-state index contributed by atoms with van der Waals surface area (Å²) in [6, 6.07) is 0. The van der Waals surface area contributed by atoms with Crippen LogP contribution in [0, 0.1) is 0 Å². The van der Waals surface area contributed by atoms with Crippen LogP contribution in [0.15, 0.2) is 10.7 Å². The lowest BCUT2D eigenvalue weighted by Gasteiger charge is -2.26. The minimum absolute atomic E-state index is 0.150. The molecule has 0 aliphatic carbocycles. The topological polar surface area (TPSA) is 84.9 Å². The molecule has 0 radical (unpaired) electrons. The first-order valence-electron chi connectivity index (χ1n) is 6.98. The van der Waals surface area contributed by atoms with E-state index in [9.17, 15) is 13.2 Å². The van der Waals surface area contributed by atoms with Crippen molar-refractivity contribution in [2.75, 3.05) is 19.3 Å². The monoisotopic (exact) mass is 354 g/mol. The minimum Gasteiger partial charge on any atom is -0.444 e. The van der Waals surface area contributed by atoms with Crippen molar-refractivity contribution in [2.24, 2.45) is 0 Å². The van der Waals surface area contributed by atoms with Crippen molar-refractivity contribution in [1.29, 1.82) is 0 Å². The molecule has 1 rings (SSSR count). The fourth-order valence-corrected chi connectivity index (χ4v) is 2.41. The van der Waals surface area contributed by atoms with Crippen LogP contribution in [0.2, 0.25) is 0 Å². The average Bonchev–Trinajstić information content (AvgIpc) is 2.58. The summed E-state index contributed by atoms with van der Waals surface area (Å²) in [6.07, 6.45) is 2.46. The Hall–Kier alpha value is -0.990. The molecule has 128 valence electrons. The highest BCUT2D eigenvalue weighted by Crippen LogP contribution is 2.22. The summed E-state index contributed by atoms with van der Waals surface area (Å²) in [5.41, 5.74) is 2.50. The maximum atomic E-state index is 12.0. The van der Waals surface area contributed by atoms with Crippen LogP contribution in [0.25, 0.3) is 0 Å². The zero-order valence-electron chi connectivity index (χ0n) is 13.3. The van der Waals surface area contributed by atoms with Gasteiger partial charge in [0.2, 0.25) is 0 Å². The van der Waals surface area contributed by atoms with Crippen LogP contribution in [0.4, 0.5) is 4.79 Å². The Morgan fingerprint density at radius 1 is 1.27 bits per heavy atom. The van der Waals surface area contributed by atoms with Gasteiger partial charge in [0.05, 0.1) is 6.26 Å². The highest BCUT2D eigenvalue weighted by molar-refractivity contribution is 7.85. The molecule has 0 unspecified atom stereocenters. The molecule has 1 amide bonds. The van der Waals surface area contributed by atoms with E-state index in [4.69, 9.17) is 16.3 Å². The van der Waals surface area contributed by atoms with Gasteiger partial charge in [-0.15, -0.1) is 0 Å². The van der Waals surface area contributed by atoms with E-state index in [-0.39, 0.29) is 11.2 Å². The number of hydroxylamine groups is 1. The zero-order valence-corrected chi connectivity index (χ0v) is 14.9. The number of carbonyl (C=O) groups excluding carboxylic acids is 1. The zero-order chi connectivity index (χ0) is 17.0. The van der Waals surface area contributed by atoms with Crippen molar-refractivity contribution < 1.29 is 22.2 Å². The SMILES string of the molecule is CC(C)(C)OC(=O)N1CCCC(=C(Cl)NOS(C)(=O)=O)CC1. The first kappa shape index (κ1) is 19.1. The second-order valence-corrected chi connectivity index (χ2v) is 8.08. The Morgan fingerprint density at radius 3 is 2.45 bits per heavy atom. The highest BCUT2D eigenvalue weighted by atomic mass is 35.5. The third kappa shape index (κ3) is 7.33. The van der Waals surface area contributed by atoms with E-state index in [1.807, 2.05) is 20.8 Å². The van der Waals surface area contributed by atoms with Crippen LogP contribution in [0.3, 0.4) is 0 Å². The summed E-state index contributed by atoms with van der Waals surface area (Å²) in [5.74, 6) is 0. The number of nitrogens with one attached hydrogen (secondary N) is 1. The van der Waals surface area contributed by atoms with Crippen LogP contribution in [-0.2, 0) is 19.1 Å². The van der Waals surface area contributed by atoms with Gasteiger partial charge in [-0.2, -0.15) is 12.7 Å². The van der Waals surface area contributed by atoms with Crippen LogP contribution in [0.5, 0.6) is 0 Å². The molecule has 0 saturated carbocycles. The summed E-state index contributed by atoms with van der Waals surface area (Å²) < 4.78 is 31.6. The fraction of sp³-hybridized carbons (Fsp3) is 0.769. The molecule has 9 heteroatoms. The van der Waals surface area contributed by atoms with Crippen molar-refractivity contribution in [2.45, 2.75) is 45.6 Å².